The Labute approximate surface area is 224 Å². The van der Waals surface area contributed by atoms with E-state index in [1.165, 1.54) is 38.0 Å². The maximum absolute atomic E-state index is 13.2. The van der Waals surface area contributed by atoms with Crippen molar-refractivity contribution in [3.63, 3.8) is 0 Å². The molecule has 0 aliphatic carbocycles. The summed E-state index contributed by atoms with van der Waals surface area (Å²) in [6, 6.07) is 5.18. The number of methoxy groups -OCH3 is 1. The van der Waals surface area contributed by atoms with Crippen molar-refractivity contribution in [1.29, 1.82) is 0 Å². The molecule has 6 rings (SSSR count). The minimum absolute atomic E-state index is 0.0631. The van der Waals surface area contributed by atoms with Crippen LogP contribution in [0.4, 0.5) is 20.4 Å². The van der Waals surface area contributed by atoms with Gasteiger partial charge in [-0.3, -0.25) is 15.0 Å². The molecular weight excluding hydrogens is 516 g/mol. The molecule has 4 amide bonds. The number of benzene rings is 1. The molecule has 4 aliphatic rings. The maximum atomic E-state index is 13.2. The van der Waals surface area contributed by atoms with Crippen LogP contribution in [0.2, 0.25) is 5.02 Å². The van der Waals surface area contributed by atoms with Gasteiger partial charge < -0.3 is 19.9 Å². The van der Waals surface area contributed by atoms with Gasteiger partial charge in [0.05, 0.1) is 19.2 Å². The summed E-state index contributed by atoms with van der Waals surface area (Å²) in [4.78, 5) is 47.1. The quantitative estimate of drug-likeness (QED) is 0.611. The van der Waals surface area contributed by atoms with Gasteiger partial charge in [0.1, 0.15) is 0 Å². The van der Waals surface area contributed by atoms with Crippen LogP contribution < -0.4 is 15.5 Å². The van der Waals surface area contributed by atoms with Gasteiger partial charge in [0.2, 0.25) is 5.91 Å². The fraction of sp³-hybridized carbons (Fsp3) is 0.520. The number of nitrogens with one attached hydrogen (secondary N) is 2. The van der Waals surface area contributed by atoms with Gasteiger partial charge in [-0.05, 0) is 56.1 Å². The monoisotopic (exact) mass is 546 g/mol. The van der Waals surface area contributed by atoms with E-state index < -0.39 is 5.41 Å². The molecule has 3 fully saturated rings. The normalized spacial score (nSPS) is 21.5. The number of hydrogen-bond donors (Lipinski definition) is 2. The molecule has 0 saturated carbocycles. The number of urea groups is 1. The number of anilines is 2. The highest BCUT2D eigenvalue weighted by Crippen LogP contribution is 2.47. The average molecular weight is 547 g/mol. The van der Waals surface area contributed by atoms with E-state index in [9.17, 15) is 14.4 Å². The van der Waals surface area contributed by atoms with Crippen LogP contribution in [-0.4, -0.2) is 85.7 Å². The van der Waals surface area contributed by atoms with Crippen LogP contribution in [0.15, 0.2) is 23.6 Å². The lowest BCUT2D eigenvalue weighted by molar-refractivity contribution is -0.133. The van der Waals surface area contributed by atoms with Gasteiger partial charge in [0, 0.05) is 54.2 Å². The van der Waals surface area contributed by atoms with Crippen LogP contribution in [0.1, 0.15) is 30.5 Å². The summed E-state index contributed by atoms with van der Waals surface area (Å²) in [6.45, 7) is 5.54. The largest absolute Gasteiger partial charge is 0.453 e. The summed E-state index contributed by atoms with van der Waals surface area (Å²) in [6.07, 6.45) is 3.01. The zero-order valence-electron chi connectivity index (χ0n) is 20.8. The first-order chi connectivity index (χ1) is 17.9. The number of nitrogens with zero attached hydrogens (tertiary/aromatic N) is 4. The van der Waals surface area contributed by atoms with Gasteiger partial charge in [-0.2, -0.15) is 0 Å². The van der Waals surface area contributed by atoms with Crippen molar-refractivity contribution in [2.45, 2.75) is 31.1 Å². The Bertz CT molecular complexity index is 1180. The van der Waals surface area contributed by atoms with Crippen LogP contribution in [0, 0.1) is 0 Å². The van der Waals surface area contributed by atoms with Crippen molar-refractivity contribution in [2.24, 2.45) is 0 Å². The van der Waals surface area contributed by atoms with Crippen molar-refractivity contribution in [1.82, 2.24) is 20.1 Å². The van der Waals surface area contributed by atoms with E-state index in [1.807, 2.05) is 17.0 Å². The van der Waals surface area contributed by atoms with Crippen LogP contribution in [0.25, 0.3) is 0 Å². The number of fused-ring (bicyclic) bond motifs is 2. The summed E-state index contributed by atoms with van der Waals surface area (Å²) in [5.41, 5.74) is 1.98. The van der Waals surface area contributed by atoms with Gasteiger partial charge in [0.15, 0.2) is 5.13 Å². The highest BCUT2D eigenvalue weighted by atomic mass is 35.5. The second-order valence-electron chi connectivity index (χ2n) is 9.76. The lowest BCUT2D eigenvalue weighted by atomic mass is 9.81. The van der Waals surface area contributed by atoms with Crippen molar-refractivity contribution >= 4 is 51.8 Å². The Hall–Kier alpha value is -2.89. The average Bonchev–Trinajstić information content (AvgIpc) is 3.50. The smallest absolute Gasteiger partial charge is 0.409 e. The number of hydrogen-bond acceptors (Lipinski definition) is 7. The molecule has 198 valence electrons. The van der Waals surface area contributed by atoms with E-state index in [-0.39, 0.29) is 24.5 Å². The number of carbonyl (C=O) groups excluding carboxylic acids is 3. The Morgan fingerprint density at radius 3 is 2.57 bits per heavy atom. The molecule has 4 aliphatic heterocycles. The van der Waals surface area contributed by atoms with E-state index in [4.69, 9.17) is 16.3 Å². The van der Waals surface area contributed by atoms with Crippen LogP contribution in [0.5, 0.6) is 0 Å². The minimum Gasteiger partial charge on any atom is -0.453 e. The van der Waals surface area contributed by atoms with Crippen LogP contribution >= 0.6 is 22.9 Å². The molecule has 5 heterocycles. The first-order valence-corrected chi connectivity index (χ1v) is 13.8. The Morgan fingerprint density at radius 1 is 1.16 bits per heavy atom. The molecule has 2 N–H and O–H groups in total. The number of aromatic nitrogens is 1. The van der Waals surface area contributed by atoms with Crippen molar-refractivity contribution in [2.75, 3.05) is 63.1 Å². The van der Waals surface area contributed by atoms with Gasteiger partial charge in [-0.1, -0.05) is 11.6 Å². The standard InChI is InChI=1S/C22H24ClN5O4S.C3H7N/c1-32-21(31)27-8-5-22(12-27)13-28(17-4-3-14(23)9-16(17)22)20(30)25-19-24-15(11-33-19)10-18(29)26-6-2-7-26;1-2-4-3-1/h3-4,9,11H,2,5-8,10,12-13H2,1H3,(H,24,25,30);4H,1-3H2. The third kappa shape index (κ3) is 5.39. The second kappa shape index (κ2) is 10.8. The first-order valence-electron chi connectivity index (χ1n) is 12.5. The summed E-state index contributed by atoms with van der Waals surface area (Å²) < 4.78 is 4.89. The Morgan fingerprint density at radius 2 is 1.92 bits per heavy atom. The molecule has 2 aromatic rings. The highest BCUT2D eigenvalue weighted by Gasteiger charge is 2.50. The topological polar surface area (TPSA) is 107 Å². The number of amides is 4. The fourth-order valence-electron chi connectivity index (χ4n) is 4.94. The van der Waals surface area contributed by atoms with Crippen molar-refractivity contribution in [3.05, 3.63) is 39.9 Å². The first kappa shape index (κ1) is 25.7. The predicted octanol–water partition coefficient (Wildman–Crippen LogP) is 3.31. The van der Waals surface area contributed by atoms with E-state index in [1.54, 1.807) is 21.2 Å². The summed E-state index contributed by atoms with van der Waals surface area (Å²) in [7, 11) is 1.37. The zero-order valence-corrected chi connectivity index (χ0v) is 22.4. The van der Waals surface area contributed by atoms with E-state index >= 15 is 0 Å². The number of halogens is 1. The van der Waals surface area contributed by atoms with Gasteiger partial charge >= 0.3 is 12.1 Å². The number of thiazole rings is 1. The molecule has 3 saturated heterocycles. The molecule has 1 atom stereocenters. The SMILES string of the molecule is C1CNC1.COC(=O)N1CCC2(C1)CN(C(=O)Nc1nc(CC(=O)N3CCC3)cs1)c1ccc(Cl)cc12. The molecule has 0 radical (unpaired) electrons. The number of likely N-dealkylation sites (tertiary alicyclic amines) is 2. The van der Waals surface area contributed by atoms with E-state index in [0.29, 0.717) is 41.9 Å². The maximum Gasteiger partial charge on any atom is 0.409 e. The minimum atomic E-state index is -0.399. The predicted molar refractivity (Wildman–Crippen MR) is 143 cm³/mol. The summed E-state index contributed by atoms with van der Waals surface area (Å²) >= 11 is 7.59. The van der Waals surface area contributed by atoms with Gasteiger partial charge in [-0.25, -0.2) is 14.6 Å². The van der Waals surface area contributed by atoms with E-state index in [0.717, 1.165) is 30.8 Å². The highest BCUT2D eigenvalue weighted by molar-refractivity contribution is 7.14. The molecule has 0 bridgehead atoms. The molecule has 12 heteroatoms. The summed E-state index contributed by atoms with van der Waals surface area (Å²) in [5.74, 6) is 0.0631. The van der Waals surface area contributed by atoms with Gasteiger partial charge in [-0.15, -0.1) is 11.3 Å². The lowest BCUT2D eigenvalue weighted by Gasteiger charge is -2.30. The fourth-order valence-corrected chi connectivity index (χ4v) is 5.81. The van der Waals surface area contributed by atoms with Crippen LogP contribution in [0.3, 0.4) is 0 Å². The number of ether oxygens (including phenoxy) is 1. The Kier molecular flexibility index (Phi) is 7.55. The number of rotatable bonds is 3. The second-order valence-corrected chi connectivity index (χ2v) is 11.1. The van der Waals surface area contributed by atoms with E-state index in [2.05, 4.69) is 15.6 Å². The molecule has 37 heavy (non-hydrogen) atoms. The van der Waals surface area contributed by atoms with Crippen LogP contribution in [-0.2, 0) is 21.4 Å². The molecule has 1 unspecified atom stereocenters. The third-order valence-corrected chi connectivity index (χ3v) is 8.37. The summed E-state index contributed by atoms with van der Waals surface area (Å²) in [5, 5.41) is 8.82. The lowest BCUT2D eigenvalue weighted by Crippen LogP contribution is -2.42. The molecule has 1 spiro atoms. The Balaban J connectivity index is 0.000000640. The zero-order chi connectivity index (χ0) is 26.0. The van der Waals surface area contributed by atoms with Gasteiger partial charge in [0.25, 0.3) is 0 Å². The van der Waals surface area contributed by atoms with Crippen molar-refractivity contribution in [3.8, 4) is 0 Å². The number of carbonyl (C=O) groups is 3. The molecule has 1 aromatic heterocycles. The van der Waals surface area contributed by atoms with Crippen molar-refractivity contribution < 1.29 is 19.1 Å². The molecular formula is C25H31ClN6O4S. The molecule has 10 nitrogen and oxygen atoms in total. The third-order valence-electron chi connectivity index (χ3n) is 7.33. The molecule has 1 aromatic carbocycles.